The highest BCUT2D eigenvalue weighted by Gasteiger charge is 2.04. The van der Waals surface area contributed by atoms with Gasteiger partial charge in [-0.25, -0.2) is 4.98 Å². The summed E-state index contributed by atoms with van der Waals surface area (Å²) in [5.74, 6) is 1.32. The Morgan fingerprint density at radius 2 is 1.87 bits per heavy atom. The van der Waals surface area contributed by atoms with Gasteiger partial charge in [0.05, 0.1) is 5.69 Å². The van der Waals surface area contributed by atoms with Crippen molar-refractivity contribution in [1.29, 1.82) is 0 Å². The summed E-state index contributed by atoms with van der Waals surface area (Å²) in [5, 5.41) is 6.50. The van der Waals surface area contributed by atoms with E-state index in [-0.39, 0.29) is 0 Å². The second-order valence-electron chi connectivity index (χ2n) is 5.08. The van der Waals surface area contributed by atoms with Gasteiger partial charge in [-0.15, -0.1) is 0 Å². The van der Waals surface area contributed by atoms with Crippen molar-refractivity contribution in [3.63, 3.8) is 0 Å². The van der Waals surface area contributed by atoms with Crippen LogP contribution in [0, 0.1) is 6.92 Å². The Labute approximate surface area is 143 Å². The van der Waals surface area contributed by atoms with Gasteiger partial charge < -0.3 is 10.6 Å². The maximum atomic E-state index is 4.48. The molecule has 0 aliphatic rings. The normalized spacial score (nSPS) is 10.3. The van der Waals surface area contributed by atoms with Crippen LogP contribution in [0.1, 0.15) is 11.1 Å². The number of benzene rings is 1. The minimum Gasteiger partial charge on any atom is -0.366 e. The van der Waals surface area contributed by atoms with Crippen molar-refractivity contribution in [1.82, 2.24) is 15.0 Å². The lowest BCUT2D eigenvalue weighted by Gasteiger charge is -2.10. The van der Waals surface area contributed by atoms with Crippen LogP contribution in [0.2, 0.25) is 0 Å². The minimum absolute atomic E-state index is 0.550. The number of nitrogens with zero attached hydrogens (tertiary/aromatic N) is 3. The van der Waals surface area contributed by atoms with Crippen molar-refractivity contribution in [2.45, 2.75) is 13.5 Å². The number of anilines is 3. The molecule has 3 rings (SSSR count). The van der Waals surface area contributed by atoms with Crippen LogP contribution in [0.5, 0.6) is 0 Å². The van der Waals surface area contributed by atoms with Crippen LogP contribution in [0.3, 0.4) is 0 Å². The Kier molecular flexibility index (Phi) is 4.83. The molecule has 1 aromatic carbocycles. The van der Waals surface area contributed by atoms with E-state index in [9.17, 15) is 0 Å². The second kappa shape index (κ2) is 7.19. The average Bonchev–Trinajstić information content (AvgIpc) is 2.57. The largest absolute Gasteiger partial charge is 0.366 e. The lowest BCUT2D eigenvalue weighted by molar-refractivity contribution is 1.07. The van der Waals surface area contributed by atoms with Gasteiger partial charge in [0.15, 0.2) is 0 Å². The Morgan fingerprint density at radius 3 is 2.65 bits per heavy atom. The molecular weight excluding hydrogens is 354 g/mol. The van der Waals surface area contributed by atoms with Crippen LogP contribution in [-0.2, 0) is 6.54 Å². The Bertz CT molecular complexity index is 792. The molecule has 2 heterocycles. The van der Waals surface area contributed by atoms with Gasteiger partial charge in [-0.1, -0.05) is 6.07 Å². The van der Waals surface area contributed by atoms with Gasteiger partial charge in [0.1, 0.15) is 5.82 Å². The summed E-state index contributed by atoms with van der Waals surface area (Å²) >= 11 is 3.54. The van der Waals surface area contributed by atoms with Crippen LogP contribution in [0.15, 0.2) is 59.5 Å². The first-order valence-electron chi connectivity index (χ1n) is 7.20. The van der Waals surface area contributed by atoms with Gasteiger partial charge in [-0.3, -0.25) is 4.98 Å². The number of hydrogen-bond donors (Lipinski definition) is 2. The van der Waals surface area contributed by atoms with Gasteiger partial charge in [0, 0.05) is 29.6 Å². The third kappa shape index (κ3) is 4.26. The Balaban J connectivity index is 1.69. The lowest BCUT2D eigenvalue weighted by atomic mass is 10.2. The quantitative estimate of drug-likeness (QED) is 0.701. The summed E-state index contributed by atoms with van der Waals surface area (Å²) in [4.78, 5) is 12.7. The van der Waals surface area contributed by atoms with E-state index in [0.717, 1.165) is 21.5 Å². The van der Waals surface area contributed by atoms with E-state index in [2.05, 4.69) is 48.4 Å². The smallest absolute Gasteiger partial charge is 0.229 e. The maximum absolute atomic E-state index is 4.48. The van der Waals surface area contributed by atoms with E-state index >= 15 is 0 Å². The molecule has 0 spiro atoms. The van der Waals surface area contributed by atoms with Crippen molar-refractivity contribution in [3.8, 4) is 0 Å². The molecule has 0 radical (unpaired) electrons. The third-order valence-electron chi connectivity index (χ3n) is 3.25. The third-order valence-corrected chi connectivity index (χ3v) is 3.91. The van der Waals surface area contributed by atoms with Crippen LogP contribution < -0.4 is 10.6 Å². The number of pyridine rings is 1. The van der Waals surface area contributed by atoms with Crippen molar-refractivity contribution >= 4 is 33.4 Å². The SMILES string of the molecule is Cc1ccc(Nc2nccc(NCc3ccncc3)n2)c(Br)c1. The molecule has 0 saturated carbocycles. The average molecular weight is 370 g/mol. The number of rotatable bonds is 5. The molecule has 2 aromatic heterocycles. The van der Waals surface area contributed by atoms with Gasteiger partial charge >= 0.3 is 0 Å². The molecule has 0 saturated heterocycles. The van der Waals surface area contributed by atoms with Crippen molar-refractivity contribution in [2.24, 2.45) is 0 Å². The van der Waals surface area contributed by atoms with Crippen LogP contribution in [0.25, 0.3) is 0 Å². The lowest BCUT2D eigenvalue weighted by Crippen LogP contribution is -2.04. The number of halogens is 1. The van der Waals surface area contributed by atoms with Crippen molar-refractivity contribution in [3.05, 3.63) is 70.6 Å². The van der Waals surface area contributed by atoms with Crippen LogP contribution in [0.4, 0.5) is 17.5 Å². The predicted molar refractivity (Wildman–Crippen MR) is 95.8 cm³/mol. The van der Waals surface area contributed by atoms with E-state index in [1.165, 1.54) is 5.56 Å². The van der Waals surface area contributed by atoms with E-state index in [1.54, 1.807) is 18.6 Å². The van der Waals surface area contributed by atoms with Gasteiger partial charge in [-0.05, 0) is 64.3 Å². The molecule has 0 fully saturated rings. The predicted octanol–water partition coefficient (Wildman–Crippen LogP) is 4.30. The second-order valence-corrected chi connectivity index (χ2v) is 5.94. The number of aryl methyl sites for hydroxylation is 1. The van der Waals surface area contributed by atoms with E-state index in [4.69, 9.17) is 0 Å². The summed E-state index contributed by atoms with van der Waals surface area (Å²) in [6, 6.07) is 11.9. The molecule has 6 heteroatoms. The van der Waals surface area contributed by atoms with E-state index < -0.39 is 0 Å². The summed E-state index contributed by atoms with van der Waals surface area (Å²) in [5.41, 5.74) is 3.27. The zero-order chi connectivity index (χ0) is 16.1. The number of hydrogen-bond acceptors (Lipinski definition) is 5. The highest BCUT2D eigenvalue weighted by atomic mass is 79.9. The maximum Gasteiger partial charge on any atom is 0.229 e. The molecule has 0 aliphatic heterocycles. The van der Waals surface area contributed by atoms with Gasteiger partial charge in [0.2, 0.25) is 5.95 Å². The Morgan fingerprint density at radius 1 is 1.04 bits per heavy atom. The summed E-state index contributed by atoms with van der Waals surface area (Å²) in [7, 11) is 0. The molecule has 0 amide bonds. The van der Waals surface area contributed by atoms with E-state index in [0.29, 0.717) is 12.5 Å². The summed E-state index contributed by atoms with van der Waals surface area (Å²) < 4.78 is 0.983. The van der Waals surface area contributed by atoms with Crippen molar-refractivity contribution in [2.75, 3.05) is 10.6 Å². The zero-order valence-electron chi connectivity index (χ0n) is 12.6. The molecule has 0 bridgehead atoms. The number of nitrogens with one attached hydrogen (secondary N) is 2. The molecule has 3 aromatic rings. The zero-order valence-corrected chi connectivity index (χ0v) is 14.2. The molecule has 23 heavy (non-hydrogen) atoms. The topological polar surface area (TPSA) is 62.7 Å². The van der Waals surface area contributed by atoms with Gasteiger partial charge in [-0.2, -0.15) is 4.98 Å². The first kappa shape index (κ1) is 15.4. The molecule has 0 atom stereocenters. The fourth-order valence-corrected chi connectivity index (χ4v) is 2.64. The molecule has 5 nitrogen and oxygen atoms in total. The minimum atomic E-state index is 0.550. The number of aromatic nitrogens is 3. The fraction of sp³-hybridized carbons (Fsp3) is 0.118. The summed E-state index contributed by atoms with van der Waals surface area (Å²) in [6.07, 6.45) is 5.28. The Hall–Kier alpha value is -2.47. The fourth-order valence-electron chi connectivity index (χ4n) is 2.05. The molecule has 116 valence electrons. The molecule has 0 unspecified atom stereocenters. The van der Waals surface area contributed by atoms with Crippen LogP contribution >= 0.6 is 15.9 Å². The summed E-state index contributed by atoms with van der Waals surface area (Å²) in [6.45, 7) is 2.74. The standard InChI is InChI=1S/C17H16BrN5/c1-12-2-3-15(14(18)10-12)22-17-20-9-6-16(23-17)21-11-13-4-7-19-8-5-13/h2-10H,11H2,1H3,(H2,20,21,22,23). The first-order chi connectivity index (χ1) is 11.2. The van der Waals surface area contributed by atoms with Crippen LogP contribution in [-0.4, -0.2) is 15.0 Å². The first-order valence-corrected chi connectivity index (χ1v) is 7.99. The molecule has 0 aliphatic carbocycles. The highest BCUT2D eigenvalue weighted by Crippen LogP contribution is 2.25. The molecule has 2 N–H and O–H groups in total. The monoisotopic (exact) mass is 369 g/mol. The molecular formula is C17H16BrN5. The van der Waals surface area contributed by atoms with E-state index in [1.807, 2.05) is 36.4 Å². The van der Waals surface area contributed by atoms with Crippen molar-refractivity contribution < 1.29 is 0 Å². The highest BCUT2D eigenvalue weighted by molar-refractivity contribution is 9.10. The van der Waals surface area contributed by atoms with Gasteiger partial charge in [0.25, 0.3) is 0 Å².